The molecule has 0 bridgehead atoms. The number of pyridine rings is 1. The number of rotatable bonds is 4. The van der Waals surface area contributed by atoms with E-state index < -0.39 is 4.92 Å². The van der Waals surface area contributed by atoms with Crippen molar-refractivity contribution in [3.63, 3.8) is 0 Å². The molecule has 23 heavy (non-hydrogen) atoms. The lowest BCUT2D eigenvalue weighted by Gasteiger charge is -2.06. The Bertz CT molecular complexity index is 901. The summed E-state index contributed by atoms with van der Waals surface area (Å²) in [5.41, 5.74) is 2.11. The fraction of sp³-hybridized carbons (Fsp3) is 0.125. The van der Waals surface area contributed by atoms with Crippen molar-refractivity contribution >= 4 is 22.9 Å². The van der Waals surface area contributed by atoms with Gasteiger partial charge in [-0.3, -0.25) is 19.3 Å². The molecule has 0 unspecified atom stereocenters. The number of aromatic nitrogens is 2. The number of benzene rings is 1. The van der Waals surface area contributed by atoms with Crippen molar-refractivity contribution in [3.8, 4) is 0 Å². The number of nitrogens with one attached hydrogen (secondary N) is 1. The summed E-state index contributed by atoms with van der Waals surface area (Å²) >= 11 is 0. The third kappa shape index (κ3) is 2.76. The molecule has 7 heteroatoms. The van der Waals surface area contributed by atoms with Gasteiger partial charge in [-0.15, -0.1) is 0 Å². The number of hydrogen-bond donors (Lipinski definition) is 1. The molecule has 7 nitrogen and oxygen atoms in total. The highest BCUT2D eigenvalue weighted by Gasteiger charge is 2.18. The number of imidazole rings is 1. The zero-order valence-electron chi connectivity index (χ0n) is 12.4. The van der Waals surface area contributed by atoms with Crippen molar-refractivity contribution in [1.29, 1.82) is 0 Å². The second-order valence-corrected chi connectivity index (χ2v) is 4.95. The highest BCUT2D eigenvalue weighted by molar-refractivity contribution is 6.04. The highest BCUT2D eigenvalue weighted by Crippen LogP contribution is 2.19. The van der Waals surface area contributed by atoms with E-state index in [2.05, 4.69) is 10.3 Å². The van der Waals surface area contributed by atoms with Crippen LogP contribution >= 0.6 is 0 Å². The molecule has 116 valence electrons. The van der Waals surface area contributed by atoms with Gasteiger partial charge in [-0.05, 0) is 24.6 Å². The van der Waals surface area contributed by atoms with Crippen molar-refractivity contribution in [2.75, 3.05) is 5.32 Å². The van der Waals surface area contributed by atoms with Gasteiger partial charge >= 0.3 is 0 Å². The topological polar surface area (TPSA) is 89.5 Å². The first-order chi connectivity index (χ1) is 11.1. The summed E-state index contributed by atoms with van der Waals surface area (Å²) < 4.78 is 1.71. The average Bonchev–Trinajstić information content (AvgIpc) is 2.93. The Morgan fingerprint density at radius 3 is 2.87 bits per heavy atom. The first-order valence-electron chi connectivity index (χ1n) is 7.12. The van der Waals surface area contributed by atoms with Gasteiger partial charge in [-0.25, -0.2) is 4.98 Å². The van der Waals surface area contributed by atoms with E-state index in [0.29, 0.717) is 29.1 Å². The maximum Gasteiger partial charge on any atom is 0.274 e. The van der Waals surface area contributed by atoms with Gasteiger partial charge in [0.2, 0.25) is 0 Å². The fourth-order valence-electron chi connectivity index (χ4n) is 2.42. The Morgan fingerprint density at radius 2 is 2.13 bits per heavy atom. The zero-order valence-corrected chi connectivity index (χ0v) is 12.4. The molecule has 0 aliphatic heterocycles. The zero-order chi connectivity index (χ0) is 16.4. The standard InChI is InChI=1S/C16H14N4O3/c1-2-13-15(19-9-4-3-8-14(19)18-13)16(21)17-11-6-5-7-12(10-11)20(22)23/h3-10H,2H2,1H3,(H,17,21). The number of anilines is 1. The average molecular weight is 310 g/mol. The quantitative estimate of drug-likeness (QED) is 0.592. The lowest BCUT2D eigenvalue weighted by Crippen LogP contribution is -2.16. The molecule has 0 aliphatic rings. The van der Waals surface area contributed by atoms with Crippen molar-refractivity contribution in [1.82, 2.24) is 9.38 Å². The molecule has 1 aromatic carbocycles. The molecule has 1 N–H and O–H groups in total. The minimum atomic E-state index is -0.499. The monoisotopic (exact) mass is 310 g/mol. The van der Waals surface area contributed by atoms with E-state index in [-0.39, 0.29) is 11.6 Å². The van der Waals surface area contributed by atoms with E-state index in [1.807, 2.05) is 25.1 Å². The smallest absolute Gasteiger partial charge is 0.274 e. The van der Waals surface area contributed by atoms with Crippen molar-refractivity contribution < 1.29 is 9.72 Å². The normalized spacial score (nSPS) is 10.7. The number of amides is 1. The molecule has 0 saturated heterocycles. The first-order valence-corrected chi connectivity index (χ1v) is 7.12. The molecule has 2 heterocycles. The van der Waals surface area contributed by atoms with Gasteiger partial charge in [0.05, 0.1) is 10.6 Å². The Labute approximate surface area is 131 Å². The Balaban J connectivity index is 1.98. The molecule has 0 atom stereocenters. The van der Waals surface area contributed by atoms with Gasteiger partial charge in [0.15, 0.2) is 0 Å². The van der Waals surface area contributed by atoms with Gasteiger partial charge in [-0.2, -0.15) is 0 Å². The summed E-state index contributed by atoms with van der Waals surface area (Å²) in [4.78, 5) is 27.4. The van der Waals surface area contributed by atoms with Crippen molar-refractivity contribution in [2.24, 2.45) is 0 Å². The number of nitrogens with zero attached hydrogens (tertiary/aromatic N) is 3. The second kappa shape index (κ2) is 5.88. The molecule has 0 fully saturated rings. The van der Waals surface area contributed by atoms with Gasteiger partial charge in [0.1, 0.15) is 11.3 Å². The van der Waals surface area contributed by atoms with Crippen LogP contribution in [-0.2, 0) is 6.42 Å². The number of nitro benzene ring substituents is 1. The maximum absolute atomic E-state index is 12.6. The lowest BCUT2D eigenvalue weighted by molar-refractivity contribution is -0.384. The summed E-state index contributed by atoms with van der Waals surface area (Å²) in [6.45, 7) is 1.92. The van der Waals surface area contributed by atoms with Gasteiger partial charge < -0.3 is 5.32 Å². The Hall–Kier alpha value is -3.22. The fourth-order valence-corrected chi connectivity index (χ4v) is 2.42. The first kappa shape index (κ1) is 14.7. The summed E-state index contributed by atoms with van der Waals surface area (Å²) in [5, 5.41) is 13.5. The minimum absolute atomic E-state index is 0.0725. The second-order valence-electron chi connectivity index (χ2n) is 4.95. The Kier molecular flexibility index (Phi) is 3.76. The van der Waals surface area contributed by atoms with Crippen molar-refractivity contribution in [3.05, 3.63) is 70.2 Å². The number of non-ortho nitro benzene ring substituents is 1. The number of carbonyl (C=O) groups is 1. The number of fused-ring (bicyclic) bond motifs is 1. The van der Waals surface area contributed by atoms with E-state index in [0.717, 1.165) is 0 Å². The minimum Gasteiger partial charge on any atom is -0.320 e. The van der Waals surface area contributed by atoms with E-state index >= 15 is 0 Å². The highest BCUT2D eigenvalue weighted by atomic mass is 16.6. The molecule has 0 radical (unpaired) electrons. The number of carbonyl (C=O) groups excluding carboxylic acids is 1. The van der Waals surface area contributed by atoms with Crippen LogP contribution in [0.15, 0.2) is 48.7 Å². The molecular weight excluding hydrogens is 296 g/mol. The lowest BCUT2D eigenvalue weighted by atomic mass is 10.2. The molecule has 3 aromatic rings. The van der Waals surface area contributed by atoms with Crippen LogP contribution in [0.1, 0.15) is 23.1 Å². The van der Waals surface area contributed by atoms with E-state index in [4.69, 9.17) is 0 Å². The number of hydrogen-bond acceptors (Lipinski definition) is 4. The van der Waals surface area contributed by atoms with E-state index in [1.54, 1.807) is 16.7 Å². The van der Waals surface area contributed by atoms with Crippen LogP contribution in [0.2, 0.25) is 0 Å². The molecule has 0 spiro atoms. The van der Waals surface area contributed by atoms with Gasteiger partial charge in [-0.1, -0.05) is 19.1 Å². The van der Waals surface area contributed by atoms with Gasteiger partial charge in [0, 0.05) is 24.0 Å². The third-order valence-electron chi connectivity index (χ3n) is 3.47. The predicted octanol–water partition coefficient (Wildman–Crippen LogP) is 3.06. The van der Waals surface area contributed by atoms with E-state index in [9.17, 15) is 14.9 Å². The largest absolute Gasteiger partial charge is 0.320 e. The van der Waals surface area contributed by atoms with Crippen LogP contribution in [0.25, 0.3) is 5.65 Å². The molecule has 0 saturated carbocycles. The molecule has 0 aliphatic carbocycles. The molecular formula is C16H14N4O3. The van der Waals surface area contributed by atoms with E-state index in [1.165, 1.54) is 18.2 Å². The third-order valence-corrected chi connectivity index (χ3v) is 3.47. The molecule has 1 amide bonds. The molecule has 3 rings (SSSR count). The Morgan fingerprint density at radius 1 is 1.30 bits per heavy atom. The molecule has 2 aromatic heterocycles. The summed E-state index contributed by atoms with van der Waals surface area (Å²) in [5.74, 6) is -0.346. The van der Waals surface area contributed by atoms with Crippen LogP contribution in [0.5, 0.6) is 0 Å². The number of nitro groups is 1. The van der Waals surface area contributed by atoms with Crippen molar-refractivity contribution in [2.45, 2.75) is 13.3 Å². The SMILES string of the molecule is CCc1nc2ccccn2c1C(=O)Nc1cccc([N+](=O)[O-])c1. The summed E-state index contributed by atoms with van der Waals surface area (Å²) in [6.07, 6.45) is 2.38. The predicted molar refractivity (Wildman–Crippen MR) is 85.6 cm³/mol. The van der Waals surface area contributed by atoms with Crippen LogP contribution in [0.4, 0.5) is 11.4 Å². The van der Waals surface area contributed by atoms with Crippen LogP contribution in [-0.4, -0.2) is 20.2 Å². The van der Waals surface area contributed by atoms with Crippen LogP contribution in [0.3, 0.4) is 0 Å². The maximum atomic E-state index is 12.6. The van der Waals surface area contributed by atoms with Crippen LogP contribution in [0, 0.1) is 10.1 Å². The van der Waals surface area contributed by atoms with Gasteiger partial charge in [0.25, 0.3) is 11.6 Å². The summed E-state index contributed by atoms with van der Waals surface area (Å²) in [7, 11) is 0. The number of aryl methyl sites for hydroxylation is 1. The summed E-state index contributed by atoms with van der Waals surface area (Å²) in [6, 6.07) is 11.3. The van der Waals surface area contributed by atoms with Crippen LogP contribution < -0.4 is 5.32 Å².